The van der Waals surface area contributed by atoms with Crippen molar-refractivity contribution in [1.29, 1.82) is 0 Å². The van der Waals surface area contributed by atoms with Crippen LogP contribution in [0.4, 0.5) is 10.1 Å². The molecule has 2 fully saturated rings. The normalized spacial score (nSPS) is 23.1. The Bertz CT molecular complexity index is 1110. The fourth-order valence-corrected chi connectivity index (χ4v) is 5.19. The first-order valence-electron chi connectivity index (χ1n) is 10.8. The summed E-state index contributed by atoms with van der Waals surface area (Å²) in [5, 5.41) is 0.278. The van der Waals surface area contributed by atoms with Crippen LogP contribution in [0, 0.1) is 5.82 Å². The average Bonchev–Trinajstić information content (AvgIpc) is 3.52. The lowest BCUT2D eigenvalue weighted by Crippen LogP contribution is -2.30. The van der Waals surface area contributed by atoms with Gasteiger partial charge in [-0.25, -0.2) is 9.18 Å². The van der Waals surface area contributed by atoms with Gasteiger partial charge in [0.25, 0.3) is 0 Å². The summed E-state index contributed by atoms with van der Waals surface area (Å²) in [7, 11) is 0. The lowest BCUT2D eigenvalue weighted by molar-refractivity contribution is 0.0524. The van der Waals surface area contributed by atoms with Gasteiger partial charge in [0.2, 0.25) is 5.43 Å². The molecule has 3 heterocycles. The summed E-state index contributed by atoms with van der Waals surface area (Å²) in [6.45, 7) is 6.23. The maximum absolute atomic E-state index is 15.5. The minimum absolute atomic E-state index is 0.0146. The molecule has 2 aromatic rings. The molecular weight excluding hydrogens is 385 g/mol. The first-order chi connectivity index (χ1) is 14.5. The number of esters is 1. The van der Waals surface area contributed by atoms with E-state index >= 15 is 4.39 Å². The maximum atomic E-state index is 15.5. The predicted octanol–water partition coefficient (Wildman–Crippen LogP) is 3.64. The van der Waals surface area contributed by atoms with Crippen LogP contribution in [0.25, 0.3) is 10.9 Å². The zero-order valence-electron chi connectivity index (χ0n) is 17.2. The van der Waals surface area contributed by atoms with Crippen molar-refractivity contribution in [2.24, 2.45) is 4.99 Å². The second kappa shape index (κ2) is 7.22. The maximum Gasteiger partial charge on any atom is 0.343 e. The average molecular weight is 411 g/mol. The standard InChI is InChI=1S/C23H26FN3O3/c1-3-30-23(29)18-12-27(14-7-8-14)20-16-6-4-5-15-9-13(25-2)11-26(15)21(16)19(24)10-17(20)22(18)28/h10,12-15H,2-9,11H2,1H3/t13-,15+/m0/s1. The molecule has 0 radical (unpaired) electrons. The zero-order chi connectivity index (χ0) is 21.0. The number of benzene rings is 1. The largest absolute Gasteiger partial charge is 0.462 e. The van der Waals surface area contributed by atoms with E-state index in [1.807, 2.05) is 4.57 Å². The highest BCUT2D eigenvalue weighted by molar-refractivity contribution is 5.96. The predicted molar refractivity (Wildman–Crippen MR) is 114 cm³/mol. The highest BCUT2D eigenvalue weighted by Gasteiger charge is 2.38. The van der Waals surface area contributed by atoms with Crippen LogP contribution in [-0.2, 0) is 11.2 Å². The Balaban J connectivity index is 1.77. The zero-order valence-corrected chi connectivity index (χ0v) is 17.2. The molecule has 2 atom stereocenters. The van der Waals surface area contributed by atoms with E-state index in [-0.39, 0.29) is 35.7 Å². The minimum atomic E-state index is -0.645. The fourth-order valence-electron chi connectivity index (χ4n) is 5.19. The van der Waals surface area contributed by atoms with Crippen LogP contribution in [0.3, 0.4) is 0 Å². The summed E-state index contributed by atoms with van der Waals surface area (Å²) in [4.78, 5) is 31.9. The van der Waals surface area contributed by atoms with Crippen molar-refractivity contribution in [1.82, 2.24) is 4.57 Å². The number of fused-ring (bicyclic) bond motifs is 5. The molecule has 0 amide bonds. The number of halogens is 1. The van der Waals surface area contributed by atoms with Crippen molar-refractivity contribution in [2.45, 2.75) is 63.6 Å². The number of carbonyl (C=O) groups excluding carboxylic acids is 1. The number of anilines is 1. The number of hydrogen-bond acceptors (Lipinski definition) is 5. The number of rotatable bonds is 4. The first-order valence-corrected chi connectivity index (χ1v) is 10.8. The highest BCUT2D eigenvalue weighted by Crippen LogP contribution is 2.44. The minimum Gasteiger partial charge on any atom is -0.462 e. The van der Waals surface area contributed by atoms with Crippen LogP contribution in [0.15, 0.2) is 22.1 Å². The van der Waals surface area contributed by atoms with Gasteiger partial charge in [-0.1, -0.05) is 0 Å². The summed E-state index contributed by atoms with van der Waals surface area (Å²) in [5.74, 6) is -1.04. The second-order valence-corrected chi connectivity index (χ2v) is 8.58. The van der Waals surface area contributed by atoms with Gasteiger partial charge < -0.3 is 14.2 Å². The van der Waals surface area contributed by atoms with E-state index in [4.69, 9.17) is 4.74 Å². The number of aryl methyl sites for hydroxylation is 1. The van der Waals surface area contributed by atoms with E-state index in [1.165, 1.54) is 6.07 Å². The van der Waals surface area contributed by atoms with E-state index < -0.39 is 17.2 Å². The topological polar surface area (TPSA) is 63.9 Å². The smallest absolute Gasteiger partial charge is 0.343 e. The van der Waals surface area contributed by atoms with Gasteiger partial charge >= 0.3 is 5.97 Å². The Morgan fingerprint density at radius 1 is 1.33 bits per heavy atom. The number of aliphatic imine (C=N–C) groups is 1. The molecule has 158 valence electrons. The van der Waals surface area contributed by atoms with Crippen molar-refractivity contribution < 1.29 is 13.9 Å². The Labute approximate surface area is 174 Å². The van der Waals surface area contributed by atoms with E-state index in [2.05, 4.69) is 16.6 Å². The van der Waals surface area contributed by atoms with Gasteiger partial charge in [-0.05, 0) is 58.2 Å². The third-order valence-electron chi connectivity index (χ3n) is 6.68. The second-order valence-electron chi connectivity index (χ2n) is 8.58. The molecule has 0 N–H and O–H groups in total. The molecule has 0 bridgehead atoms. The molecule has 3 aliphatic rings. The number of ether oxygens (including phenoxy) is 1. The van der Waals surface area contributed by atoms with Crippen molar-refractivity contribution in [3.8, 4) is 0 Å². The Morgan fingerprint density at radius 3 is 2.83 bits per heavy atom. The van der Waals surface area contributed by atoms with Crippen LogP contribution in [0.2, 0.25) is 0 Å². The van der Waals surface area contributed by atoms with E-state index in [0.29, 0.717) is 18.7 Å². The molecule has 0 unspecified atom stereocenters. The van der Waals surface area contributed by atoms with Crippen molar-refractivity contribution in [2.75, 3.05) is 18.1 Å². The fraction of sp³-hybridized carbons (Fsp3) is 0.522. The third kappa shape index (κ3) is 2.94. The molecule has 1 aliphatic carbocycles. The molecular formula is C23H26FN3O3. The van der Waals surface area contributed by atoms with Crippen molar-refractivity contribution >= 4 is 29.3 Å². The van der Waals surface area contributed by atoms with E-state index in [0.717, 1.165) is 43.2 Å². The van der Waals surface area contributed by atoms with Gasteiger partial charge in [-0.2, -0.15) is 0 Å². The number of nitrogens with zero attached hydrogens (tertiary/aromatic N) is 3. The first kappa shape index (κ1) is 19.3. The number of pyridine rings is 1. The summed E-state index contributed by atoms with van der Waals surface area (Å²) in [6, 6.07) is 1.91. The Morgan fingerprint density at radius 2 is 2.13 bits per heavy atom. The third-order valence-corrected chi connectivity index (χ3v) is 6.68. The molecule has 1 aromatic carbocycles. The van der Waals surface area contributed by atoms with Crippen LogP contribution < -0.4 is 10.3 Å². The molecule has 7 heteroatoms. The van der Waals surface area contributed by atoms with Gasteiger partial charge in [0.15, 0.2) is 0 Å². The summed E-state index contributed by atoms with van der Waals surface area (Å²) >= 11 is 0. The molecule has 30 heavy (non-hydrogen) atoms. The molecule has 2 aliphatic heterocycles. The van der Waals surface area contributed by atoms with Crippen LogP contribution in [0.1, 0.15) is 61.0 Å². The van der Waals surface area contributed by atoms with Gasteiger partial charge in [-0.15, -0.1) is 0 Å². The summed E-state index contributed by atoms with van der Waals surface area (Å²) in [6.07, 6.45) is 7.11. The van der Waals surface area contributed by atoms with Gasteiger partial charge in [0, 0.05) is 35.8 Å². The lowest BCUT2D eigenvalue weighted by atomic mass is 9.99. The Kier molecular flexibility index (Phi) is 4.64. The number of carbonyl (C=O) groups is 1. The van der Waals surface area contributed by atoms with Gasteiger partial charge in [0.05, 0.1) is 23.9 Å². The Hall–Kier alpha value is -2.70. The highest BCUT2D eigenvalue weighted by atomic mass is 19.1. The molecule has 5 rings (SSSR count). The molecule has 1 aromatic heterocycles. The SMILES string of the molecule is C=N[C@H]1C[C@H]2CCCc3c(c(F)cc4c(=O)c(C(=O)OCC)cn(C5CC5)c34)N2C1. The number of hydrogen-bond donors (Lipinski definition) is 0. The van der Waals surface area contributed by atoms with Gasteiger partial charge in [-0.3, -0.25) is 9.79 Å². The van der Waals surface area contributed by atoms with E-state index in [1.54, 1.807) is 13.1 Å². The van der Waals surface area contributed by atoms with Crippen LogP contribution >= 0.6 is 0 Å². The monoisotopic (exact) mass is 411 g/mol. The molecule has 1 saturated carbocycles. The van der Waals surface area contributed by atoms with E-state index in [9.17, 15) is 9.59 Å². The molecule has 1 saturated heterocycles. The van der Waals surface area contributed by atoms with Crippen LogP contribution in [0.5, 0.6) is 0 Å². The van der Waals surface area contributed by atoms with Crippen molar-refractivity contribution in [3.05, 3.63) is 39.4 Å². The lowest BCUT2D eigenvalue weighted by Gasteiger charge is -2.27. The summed E-state index contributed by atoms with van der Waals surface area (Å²) < 4.78 is 22.6. The molecule has 6 nitrogen and oxygen atoms in total. The summed E-state index contributed by atoms with van der Waals surface area (Å²) in [5.41, 5.74) is 1.81. The van der Waals surface area contributed by atoms with Crippen LogP contribution in [-0.4, -0.2) is 42.5 Å². The number of aromatic nitrogens is 1. The quantitative estimate of drug-likeness (QED) is 0.569. The van der Waals surface area contributed by atoms with Crippen molar-refractivity contribution in [3.63, 3.8) is 0 Å². The molecule has 0 spiro atoms. The van der Waals surface area contributed by atoms with Gasteiger partial charge in [0.1, 0.15) is 11.4 Å².